The molecule has 1 saturated heterocycles. The van der Waals surface area contributed by atoms with Gasteiger partial charge in [-0.25, -0.2) is 9.97 Å². The van der Waals surface area contributed by atoms with Gasteiger partial charge in [0.25, 0.3) is 0 Å². The normalized spacial score (nSPS) is 14.8. The van der Waals surface area contributed by atoms with Gasteiger partial charge in [0.1, 0.15) is 6.42 Å². The summed E-state index contributed by atoms with van der Waals surface area (Å²) in [5.74, 6) is 0.256. The first kappa shape index (κ1) is 16.2. The highest BCUT2D eigenvalue weighted by Crippen LogP contribution is 2.10. The average molecular weight is 307 g/mol. The number of aromatic nitrogens is 2. The summed E-state index contributed by atoms with van der Waals surface area (Å²) in [4.78, 5) is 35.8. The minimum Gasteiger partial charge on any atom is -0.383 e. The van der Waals surface area contributed by atoms with E-state index in [9.17, 15) is 9.59 Å². The summed E-state index contributed by atoms with van der Waals surface area (Å²) in [6.07, 6.45) is 3.28. The number of rotatable bonds is 6. The fraction of sp³-hybridized carbons (Fsp3) is 0.571. The van der Waals surface area contributed by atoms with Crippen molar-refractivity contribution in [3.63, 3.8) is 0 Å². The number of amides is 2. The predicted octanol–water partition coefficient (Wildman–Crippen LogP) is -0.722. The van der Waals surface area contributed by atoms with Crippen molar-refractivity contribution < 1.29 is 14.3 Å². The van der Waals surface area contributed by atoms with Crippen molar-refractivity contribution in [3.8, 4) is 0 Å². The van der Waals surface area contributed by atoms with Crippen molar-refractivity contribution in [2.75, 3.05) is 51.3 Å². The highest BCUT2D eigenvalue weighted by atomic mass is 16.5. The van der Waals surface area contributed by atoms with Crippen LogP contribution in [0.1, 0.15) is 6.42 Å². The van der Waals surface area contributed by atoms with Gasteiger partial charge < -0.3 is 19.9 Å². The minimum atomic E-state index is -0.268. The predicted molar refractivity (Wildman–Crippen MR) is 80.3 cm³/mol. The number of nitrogens with zero attached hydrogens (tertiary/aromatic N) is 4. The van der Waals surface area contributed by atoms with Gasteiger partial charge in [-0.15, -0.1) is 0 Å². The summed E-state index contributed by atoms with van der Waals surface area (Å²) in [5, 5.41) is 2.65. The third kappa shape index (κ3) is 4.66. The molecule has 8 nitrogen and oxygen atoms in total. The molecule has 0 unspecified atom stereocenters. The number of anilines is 1. The van der Waals surface area contributed by atoms with Crippen molar-refractivity contribution in [1.29, 1.82) is 0 Å². The molecule has 2 heterocycles. The van der Waals surface area contributed by atoms with Crippen LogP contribution in [0.4, 0.5) is 5.95 Å². The van der Waals surface area contributed by atoms with Gasteiger partial charge in [-0.3, -0.25) is 9.59 Å². The molecule has 0 bridgehead atoms. The van der Waals surface area contributed by atoms with E-state index in [0.29, 0.717) is 45.3 Å². The maximum Gasteiger partial charge on any atom is 0.232 e. The highest BCUT2D eigenvalue weighted by Gasteiger charge is 2.23. The van der Waals surface area contributed by atoms with Crippen molar-refractivity contribution in [3.05, 3.63) is 18.5 Å². The molecule has 0 aliphatic carbocycles. The molecule has 0 saturated carbocycles. The van der Waals surface area contributed by atoms with E-state index >= 15 is 0 Å². The molecule has 1 aliphatic heterocycles. The van der Waals surface area contributed by atoms with Gasteiger partial charge in [0, 0.05) is 52.2 Å². The standard InChI is InChI=1S/C14H21N5O3/c1-22-10-5-15-12(20)11-13(21)18-6-8-19(9-7-18)14-16-3-2-4-17-14/h2-4H,5-11H2,1H3,(H,15,20). The SMILES string of the molecule is COCCNC(=O)CC(=O)N1CCN(c2ncccn2)CC1. The second-order valence-corrected chi connectivity index (χ2v) is 4.94. The maximum absolute atomic E-state index is 12.1. The molecular weight excluding hydrogens is 286 g/mol. The molecule has 0 radical (unpaired) electrons. The molecule has 2 rings (SSSR count). The Labute approximate surface area is 129 Å². The molecule has 120 valence electrons. The van der Waals surface area contributed by atoms with Crippen LogP contribution in [0.25, 0.3) is 0 Å². The molecular formula is C14H21N5O3. The second kappa shape index (κ2) is 8.28. The van der Waals surface area contributed by atoms with Gasteiger partial charge in [0.15, 0.2) is 0 Å². The van der Waals surface area contributed by atoms with E-state index in [1.807, 2.05) is 4.90 Å². The van der Waals surface area contributed by atoms with Crippen LogP contribution in [0.3, 0.4) is 0 Å². The van der Waals surface area contributed by atoms with Crippen LogP contribution in [0.2, 0.25) is 0 Å². The monoisotopic (exact) mass is 307 g/mol. The number of nitrogens with one attached hydrogen (secondary N) is 1. The fourth-order valence-electron chi connectivity index (χ4n) is 2.21. The molecule has 0 aromatic carbocycles. The van der Waals surface area contributed by atoms with Gasteiger partial charge in [0.05, 0.1) is 6.61 Å². The van der Waals surface area contributed by atoms with Gasteiger partial charge in [0.2, 0.25) is 17.8 Å². The van der Waals surface area contributed by atoms with Crippen molar-refractivity contribution in [1.82, 2.24) is 20.2 Å². The van der Waals surface area contributed by atoms with Crippen LogP contribution < -0.4 is 10.2 Å². The Morgan fingerprint density at radius 3 is 2.55 bits per heavy atom. The summed E-state index contributed by atoms with van der Waals surface area (Å²) in [6, 6.07) is 1.77. The lowest BCUT2D eigenvalue weighted by molar-refractivity contribution is -0.136. The fourth-order valence-corrected chi connectivity index (χ4v) is 2.21. The molecule has 1 aromatic heterocycles. The lowest BCUT2D eigenvalue weighted by Crippen LogP contribution is -2.50. The smallest absolute Gasteiger partial charge is 0.232 e. The van der Waals surface area contributed by atoms with Crippen LogP contribution >= 0.6 is 0 Å². The van der Waals surface area contributed by atoms with E-state index in [4.69, 9.17) is 4.74 Å². The van der Waals surface area contributed by atoms with Crippen LogP contribution in [0.15, 0.2) is 18.5 Å². The molecule has 22 heavy (non-hydrogen) atoms. The van der Waals surface area contributed by atoms with Crippen LogP contribution in [-0.2, 0) is 14.3 Å². The zero-order valence-corrected chi connectivity index (χ0v) is 12.7. The summed E-state index contributed by atoms with van der Waals surface area (Å²) in [6.45, 7) is 3.34. The number of carbonyl (C=O) groups is 2. The number of carbonyl (C=O) groups excluding carboxylic acids is 2. The van der Waals surface area contributed by atoms with Gasteiger partial charge >= 0.3 is 0 Å². The van der Waals surface area contributed by atoms with Crippen LogP contribution in [0.5, 0.6) is 0 Å². The Bertz CT molecular complexity index is 489. The Kier molecular flexibility index (Phi) is 6.08. The number of hydrogen-bond acceptors (Lipinski definition) is 6. The average Bonchev–Trinajstić information content (AvgIpc) is 2.56. The number of piperazine rings is 1. The van der Waals surface area contributed by atoms with Gasteiger partial charge in [-0.2, -0.15) is 0 Å². The zero-order valence-electron chi connectivity index (χ0n) is 12.7. The zero-order chi connectivity index (χ0) is 15.8. The molecule has 1 aromatic rings. The van der Waals surface area contributed by atoms with Crippen LogP contribution in [-0.4, -0.2) is 73.1 Å². The topological polar surface area (TPSA) is 87.7 Å². The van der Waals surface area contributed by atoms with E-state index in [1.165, 1.54) is 0 Å². The summed E-state index contributed by atoms with van der Waals surface area (Å²) in [7, 11) is 1.56. The minimum absolute atomic E-state index is 0.119. The Hall–Kier alpha value is -2.22. The molecule has 1 fully saturated rings. The lowest BCUT2D eigenvalue weighted by atomic mass is 10.2. The Morgan fingerprint density at radius 1 is 1.23 bits per heavy atom. The van der Waals surface area contributed by atoms with E-state index in [0.717, 1.165) is 0 Å². The van der Waals surface area contributed by atoms with Crippen LogP contribution in [0, 0.1) is 0 Å². The quantitative estimate of drug-likeness (QED) is 0.551. The third-order valence-corrected chi connectivity index (χ3v) is 3.41. The van der Waals surface area contributed by atoms with E-state index < -0.39 is 0 Å². The first-order valence-electron chi connectivity index (χ1n) is 7.26. The Balaban J connectivity index is 1.74. The first-order chi connectivity index (χ1) is 10.7. The maximum atomic E-state index is 12.1. The molecule has 1 N–H and O–H groups in total. The number of methoxy groups -OCH3 is 1. The van der Waals surface area contributed by atoms with E-state index in [2.05, 4.69) is 15.3 Å². The molecule has 0 spiro atoms. The Morgan fingerprint density at radius 2 is 1.91 bits per heavy atom. The second-order valence-electron chi connectivity index (χ2n) is 4.94. The summed E-state index contributed by atoms with van der Waals surface area (Å²) < 4.78 is 4.84. The molecule has 2 amide bonds. The van der Waals surface area contributed by atoms with E-state index in [-0.39, 0.29) is 18.2 Å². The van der Waals surface area contributed by atoms with Crippen molar-refractivity contribution in [2.45, 2.75) is 6.42 Å². The lowest BCUT2D eigenvalue weighted by Gasteiger charge is -2.34. The number of hydrogen-bond donors (Lipinski definition) is 1. The largest absolute Gasteiger partial charge is 0.383 e. The summed E-state index contributed by atoms with van der Waals surface area (Å²) >= 11 is 0. The van der Waals surface area contributed by atoms with Crippen molar-refractivity contribution >= 4 is 17.8 Å². The number of ether oxygens (including phenoxy) is 1. The van der Waals surface area contributed by atoms with E-state index in [1.54, 1.807) is 30.5 Å². The third-order valence-electron chi connectivity index (χ3n) is 3.41. The van der Waals surface area contributed by atoms with Gasteiger partial charge in [-0.05, 0) is 6.07 Å². The molecule has 0 atom stereocenters. The highest BCUT2D eigenvalue weighted by molar-refractivity contribution is 5.96. The van der Waals surface area contributed by atoms with Crippen molar-refractivity contribution in [2.24, 2.45) is 0 Å². The first-order valence-corrected chi connectivity index (χ1v) is 7.26. The molecule has 8 heteroatoms. The van der Waals surface area contributed by atoms with Gasteiger partial charge in [-0.1, -0.05) is 0 Å². The molecule has 1 aliphatic rings. The summed E-state index contributed by atoms with van der Waals surface area (Å²) in [5.41, 5.74) is 0.